The van der Waals surface area contributed by atoms with Crippen molar-refractivity contribution in [3.8, 4) is 5.88 Å². The van der Waals surface area contributed by atoms with Gasteiger partial charge in [0.05, 0.1) is 0 Å². The summed E-state index contributed by atoms with van der Waals surface area (Å²) in [5.41, 5.74) is 1.14. The fourth-order valence-electron chi connectivity index (χ4n) is 1.24. The van der Waals surface area contributed by atoms with Crippen molar-refractivity contribution < 1.29 is 4.74 Å². The van der Waals surface area contributed by atoms with Crippen molar-refractivity contribution in [3.05, 3.63) is 58.7 Å². The summed E-state index contributed by atoms with van der Waals surface area (Å²) in [5.74, 6) is 0.700. The Bertz CT molecular complexity index is 478. The van der Waals surface area contributed by atoms with Gasteiger partial charge in [-0.1, -0.05) is 42.5 Å². The van der Waals surface area contributed by atoms with Gasteiger partial charge in [-0.3, -0.25) is 0 Å². The van der Waals surface area contributed by atoms with E-state index in [9.17, 15) is 0 Å². The van der Waals surface area contributed by atoms with Gasteiger partial charge in [0.15, 0.2) is 5.88 Å². The third-order valence-electron chi connectivity index (χ3n) is 1.98. The van der Waals surface area contributed by atoms with Gasteiger partial charge in [-0.25, -0.2) is 0 Å². The summed E-state index contributed by atoms with van der Waals surface area (Å²) in [6, 6.07) is 13.6. The summed E-state index contributed by atoms with van der Waals surface area (Å²) in [6.45, 7) is 0.552. The fraction of sp³-hybridized carbons (Fsp3) is 0.0833. The molecule has 1 N–H and O–H groups in total. The van der Waals surface area contributed by atoms with Crippen LogP contribution in [0.25, 0.3) is 0 Å². The molecule has 0 unspecified atom stereocenters. The van der Waals surface area contributed by atoms with Gasteiger partial charge in [-0.15, -0.1) is 0 Å². The number of benzene rings is 1. The van der Waals surface area contributed by atoms with Crippen molar-refractivity contribution in [2.45, 2.75) is 6.61 Å². The minimum Gasteiger partial charge on any atom is -0.474 e. The van der Waals surface area contributed by atoms with Crippen LogP contribution in [0.15, 0.2) is 48.7 Å². The fourth-order valence-corrected chi connectivity index (χ4v) is 1.42. The highest BCUT2D eigenvalue weighted by atomic mass is 32.1. The summed E-state index contributed by atoms with van der Waals surface area (Å²) in [7, 11) is 0. The van der Waals surface area contributed by atoms with Crippen LogP contribution >= 0.6 is 12.2 Å². The zero-order chi connectivity index (χ0) is 10.5. The Balaban J connectivity index is 2.02. The average Bonchev–Trinajstić information content (AvgIpc) is 2.28. The topological polar surface area (TPSA) is 25.0 Å². The molecule has 0 aliphatic carbocycles. The lowest BCUT2D eigenvalue weighted by atomic mass is 10.2. The molecular weight excluding hydrogens is 206 g/mol. The first kappa shape index (κ1) is 9.93. The van der Waals surface area contributed by atoms with Crippen LogP contribution in [0.4, 0.5) is 0 Å². The number of rotatable bonds is 3. The number of hydrogen-bond acceptors (Lipinski definition) is 2. The normalized spacial score (nSPS) is 9.87. The quantitative estimate of drug-likeness (QED) is 0.798. The second-order valence-electron chi connectivity index (χ2n) is 3.16. The van der Waals surface area contributed by atoms with Crippen LogP contribution in [-0.2, 0) is 6.61 Å². The molecule has 3 heteroatoms. The molecule has 15 heavy (non-hydrogen) atoms. The Morgan fingerprint density at radius 2 is 1.93 bits per heavy atom. The Labute approximate surface area is 93.5 Å². The second kappa shape index (κ2) is 4.75. The van der Waals surface area contributed by atoms with Crippen molar-refractivity contribution in [2.24, 2.45) is 0 Å². The van der Waals surface area contributed by atoms with Crippen molar-refractivity contribution >= 4 is 12.2 Å². The minimum atomic E-state index is 0.552. The lowest BCUT2D eigenvalue weighted by Crippen LogP contribution is -1.96. The van der Waals surface area contributed by atoms with Gasteiger partial charge in [-0.05, 0) is 11.6 Å². The smallest absolute Gasteiger partial charge is 0.192 e. The predicted octanol–water partition coefficient (Wildman–Crippen LogP) is 3.32. The van der Waals surface area contributed by atoms with Crippen LogP contribution in [0.5, 0.6) is 5.88 Å². The Hall–Kier alpha value is -1.61. The molecule has 0 fully saturated rings. The van der Waals surface area contributed by atoms with Crippen molar-refractivity contribution in [3.63, 3.8) is 0 Å². The van der Waals surface area contributed by atoms with E-state index >= 15 is 0 Å². The molecule has 1 aromatic carbocycles. The van der Waals surface area contributed by atoms with E-state index in [1.165, 1.54) is 0 Å². The van der Waals surface area contributed by atoms with Crippen LogP contribution in [0.1, 0.15) is 5.56 Å². The van der Waals surface area contributed by atoms with Crippen molar-refractivity contribution in [1.82, 2.24) is 4.98 Å². The van der Waals surface area contributed by atoms with E-state index in [1.54, 1.807) is 12.3 Å². The lowest BCUT2D eigenvalue weighted by molar-refractivity contribution is 0.294. The molecule has 0 spiro atoms. The molecule has 2 nitrogen and oxygen atoms in total. The van der Waals surface area contributed by atoms with E-state index < -0.39 is 0 Å². The largest absolute Gasteiger partial charge is 0.474 e. The van der Waals surface area contributed by atoms with E-state index in [1.807, 2.05) is 36.4 Å². The summed E-state index contributed by atoms with van der Waals surface area (Å²) in [4.78, 5) is 2.99. The van der Waals surface area contributed by atoms with Crippen LogP contribution in [0.2, 0.25) is 0 Å². The standard InChI is InChI=1S/C12H11NOS/c15-11-6-7-13-12(8-11)14-9-10-4-2-1-3-5-10/h1-8H,9H2,(H,13,15). The highest BCUT2D eigenvalue weighted by Crippen LogP contribution is 2.08. The first-order valence-corrected chi connectivity index (χ1v) is 5.11. The summed E-state index contributed by atoms with van der Waals surface area (Å²) < 4.78 is 6.33. The molecule has 0 radical (unpaired) electrons. The zero-order valence-corrected chi connectivity index (χ0v) is 8.96. The number of pyridine rings is 1. The number of ether oxygens (including phenoxy) is 1. The van der Waals surface area contributed by atoms with Gasteiger partial charge >= 0.3 is 0 Å². The highest BCUT2D eigenvalue weighted by Gasteiger charge is 1.94. The maximum atomic E-state index is 5.55. The molecule has 0 saturated carbocycles. The Kier molecular flexibility index (Phi) is 3.15. The summed E-state index contributed by atoms with van der Waals surface area (Å²) in [5, 5.41) is 0. The molecule has 0 aliphatic rings. The number of H-pyrrole nitrogens is 1. The molecule has 1 aromatic heterocycles. The first-order valence-electron chi connectivity index (χ1n) is 4.70. The van der Waals surface area contributed by atoms with E-state index in [4.69, 9.17) is 17.0 Å². The van der Waals surface area contributed by atoms with Gasteiger partial charge in [0.1, 0.15) is 6.61 Å². The van der Waals surface area contributed by atoms with Gasteiger partial charge in [-0.2, -0.15) is 0 Å². The van der Waals surface area contributed by atoms with Crippen molar-refractivity contribution in [1.29, 1.82) is 0 Å². The third-order valence-corrected chi connectivity index (χ3v) is 2.24. The Morgan fingerprint density at radius 3 is 2.67 bits per heavy atom. The first-order chi connectivity index (χ1) is 7.34. The molecule has 0 saturated heterocycles. The molecule has 1 heterocycles. The molecule has 76 valence electrons. The summed E-state index contributed by atoms with van der Waals surface area (Å²) >= 11 is 5.03. The maximum Gasteiger partial charge on any atom is 0.192 e. The number of aromatic nitrogens is 1. The SMILES string of the molecule is S=c1cc[nH]c(OCc2ccccc2)c1. The highest BCUT2D eigenvalue weighted by molar-refractivity contribution is 7.71. The third kappa shape index (κ3) is 2.92. The average molecular weight is 217 g/mol. The van der Waals surface area contributed by atoms with Gasteiger partial charge < -0.3 is 9.72 Å². The van der Waals surface area contributed by atoms with Gasteiger partial charge in [0, 0.05) is 16.8 Å². The monoisotopic (exact) mass is 217 g/mol. The molecule has 2 aromatic rings. The van der Waals surface area contributed by atoms with Crippen LogP contribution in [0.3, 0.4) is 0 Å². The van der Waals surface area contributed by atoms with Gasteiger partial charge in [0.2, 0.25) is 0 Å². The zero-order valence-electron chi connectivity index (χ0n) is 8.14. The van der Waals surface area contributed by atoms with Crippen LogP contribution in [-0.4, -0.2) is 4.98 Å². The van der Waals surface area contributed by atoms with E-state index in [-0.39, 0.29) is 0 Å². The van der Waals surface area contributed by atoms with Crippen LogP contribution in [0, 0.1) is 4.51 Å². The second-order valence-corrected chi connectivity index (χ2v) is 3.63. The minimum absolute atomic E-state index is 0.552. The van der Waals surface area contributed by atoms with Crippen molar-refractivity contribution in [2.75, 3.05) is 0 Å². The molecular formula is C12H11NOS. The molecule has 2 rings (SSSR count). The van der Waals surface area contributed by atoms with E-state index in [0.29, 0.717) is 12.5 Å². The maximum absolute atomic E-state index is 5.55. The molecule has 0 atom stereocenters. The van der Waals surface area contributed by atoms with E-state index in [0.717, 1.165) is 10.1 Å². The number of nitrogens with one attached hydrogen (secondary N) is 1. The Morgan fingerprint density at radius 1 is 1.13 bits per heavy atom. The molecule has 0 amide bonds. The molecule has 0 aliphatic heterocycles. The molecule has 0 bridgehead atoms. The van der Waals surface area contributed by atoms with E-state index in [2.05, 4.69) is 4.98 Å². The number of aromatic amines is 1. The van der Waals surface area contributed by atoms with Gasteiger partial charge in [0.25, 0.3) is 0 Å². The lowest BCUT2D eigenvalue weighted by Gasteiger charge is -2.05. The number of hydrogen-bond donors (Lipinski definition) is 1. The predicted molar refractivity (Wildman–Crippen MR) is 62.4 cm³/mol. The summed E-state index contributed by atoms with van der Waals surface area (Å²) in [6.07, 6.45) is 1.78. The van der Waals surface area contributed by atoms with Crippen LogP contribution < -0.4 is 4.74 Å².